The molecule has 1 aromatic carbocycles. The number of aryl methyl sites for hydroxylation is 1. The molecule has 0 spiro atoms. The third-order valence-corrected chi connectivity index (χ3v) is 4.45. The molecule has 2 aromatic rings. The minimum Gasteiger partial charge on any atom is -0.328 e. The van der Waals surface area contributed by atoms with Gasteiger partial charge in [0.2, 0.25) is 0 Å². The molecule has 1 aromatic heterocycles. The Morgan fingerprint density at radius 3 is 2.58 bits per heavy atom. The predicted octanol–water partition coefficient (Wildman–Crippen LogP) is 3.79. The summed E-state index contributed by atoms with van der Waals surface area (Å²) in [6.45, 7) is 5.96. The molecule has 0 aliphatic rings. The van der Waals surface area contributed by atoms with Crippen LogP contribution in [0.1, 0.15) is 23.9 Å². The van der Waals surface area contributed by atoms with Crippen molar-refractivity contribution in [1.29, 1.82) is 0 Å². The molecule has 2 rings (SSSR count). The third-order valence-electron chi connectivity index (χ3n) is 3.00. The molecule has 0 saturated heterocycles. The summed E-state index contributed by atoms with van der Waals surface area (Å²) >= 11 is 9.89. The molecule has 0 bridgehead atoms. The Labute approximate surface area is 126 Å². The SMILES string of the molecule is Cc1nn(-c2ccc(CC(C)N)cc2Cl)c(C)c1Br. The van der Waals surface area contributed by atoms with Gasteiger partial charge in [0.25, 0.3) is 0 Å². The van der Waals surface area contributed by atoms with Crippen LogP contribution >= 0.6 is 27.5 Å². The summed E-state index contributed by atoms with van der Waals surface area (Å²) in [5.74, 6) is 0. The number of benzene rings is 1. The Hall–Kier alpha value is -0.840. The molecule has 3 nitrogen and oxygen atoms in total. The maximum absolute atomic E-state index is 6.36. The van der Waals surface area contributed by atoms with E-state index in [1.807, 2.05) is 37.6 Å². The third kappa shape index (κ3) is 3.02. The molecule has 19 heavy (non-hydrogen) atoms. The molecule has 0 fully saturated rings. The monoisotopic (exact) mass is 341 g/mol. The molecular weight excluding hydrogens is 326 g/mol. The zero-order chi connectivity index (χ0) is 14.2. The van der Waals surface area contributed by atoms with Gasteiger partial charge >= 0.3 is 0 Å². The molecule has 5 heteroatoms. The number of aromatic nitrogens is 2. The van der Waals surface area contributed by atoms with Crippen LogP contribution in [0.25, 0.3) is 5.69 Å². The highest BCUT2D eigenvalue weighted by Crippen LogP contribution is 2.27. The average molecular weight is 343 g/mol. The first kappa shape index (κ1) is 14.6. The number of hydrogen-bond acceptors (Lipinski definition) is 2. The molecule has 0 amide bonds. The molecule has 0 aliphatic heterocycles. The Bertz CT molecular complexity index is 605. The van der Waals surface area contributed by atoms with Crippen LogP contribution in [0.3, 0.4) is 0 Å². The van der Waals surface area contributed by atoms with Crippen molar-refractivity contribution < 1.29 is 0 Å². The molecule has 0 aliphatic carbocycles. The van der Waals surface area contributed by atoms with E-state index in [2.05, 4.69) is 27.1 Å². The van der Waals surface area contributed by atoms with Gasteiger partial charge in [0, 0.05) is 6.04 Å². The highest BCUT2D eigenvalue weighted by molar-refractivity contribution is 9.10. The maximum Gasteiger partial charge on any atom is 0.0835 e. The number of nitrogens with zero attached hydrogens (tertiary/aromatic N) is 2. The highest BCUT2D eigenvalue weighted by atomic mass is 79.9. The summed E-state index contributed by atoms with van der Waals surface area (Å²) < 4.78 is 2.88. The summed E-state index contributed by atoms with van der Waals surface area (Å²) in [6, 6.07) is 6.13. The number of nitrogens with two attached hydrogens (primary N) is 1. The van der Waals surface area contributed by atoms with Crippen molar-refractivity contribution in [2.24, 2.45) is 5.73 Å². The van der Waals surface area contributed by atoms with Gasteiger partial charge in [-0.05, 0) is 60.8 Å². The molecule has 102 valence electrons. The summed E-state index contributed by atoms with van der Waals surface area (Å²) in [5.41, 5.74) is 9.83. The number of rotatable bonds is 3. The van der Waals surface area contributed by atoms with Gasteiger partial charge in [0.05, 0.1) is 26.6 Å². The molecule has 0 saturated carbocycles. The van der Waals surface area contributed by atoms with Crippen LogP contribution in [-0.2, 0) is 6.42 Å². The predicted molar refractivity (Wildman–Crippen MR) is 83.1 cm³/mol. The lowest BCUT2D eigenvalue weighted by atomic mass is 10.1. The van der Waals surface area contributed by atoms with Gasteiger partial charge in [-0.1, -0.05) is 17.7 Å². The molecule has 1 heterocycles. The van der Waals surface area contributed by atoms with Crippen LogP contribution in [0.15, 0.2) is 22.7 Å². The van der Waals surface area contributed by atoms with Crippen LogP contribution in [0.2, 0.25) is 5.02 Å². The van der Waals surface area contributed by atoms with Gasteiger partial charge in [-0.25, -0.2) is 4.68 Å². The zero-order valence-corrected chi connectivity index (χ0v) is 13.6. The highest BCUT2D eigenvalue weighted by Gasteiger charge is 2.13. The lowest BCUT2D eigenvalue weighted by Gasteiger charge is -2.10. The van der Waals surface area contributed by atoms with Gasteiger partial charge in [0.15, 0.2) is 0 Å². The van der Waals surface area contributed by atoms with Crippen molar-refractivity contribution in [3.63, 3.8) is 0 Å². The molecule has 1 atom stereocenters. The second kappa shape index (κ2) is 5.65. The number of hydrogen-bond donors (Lipinski definition) is 1. The fourth-order valence-corrected chi connectivity index (χ4v) is 2.61. The van der Waals surface area contributed by atoms with E-state index >= 15 is 0 Å². The van der Waals surface area contributed by atoms with E-state index < -0.39 is 0 Å². The second-order valence-corrected chi connectivity index (χ2v) is 6.06. The van der Waals surface area contributed by atoms with Gasteiger partial charge < -0.3 is 5.73 Å². The van der Waals surface area contributed by atoms with Crippen molar-refractivity contribution in [3.8, 4) is 5.69 Å². The summed E-state index contributed by atoms with van der Waals surface area (Å²) in [4.78, 5) is 0. The normalized spacial score (nSPS) is 12.7. The minimum absolute atomic E-state index is 0.129. The first-order valence-electron chi connectivity index (χ1n) is 6.16. The summed E-state index contributed by atoms with van der Waals surface area (Å²) in [5, 5.41) is 5.18. The smallest absolute Gasteiger partial charge is 0.0835 e. The van der Waals surface area contributed by atoms with E-state index in [1.54, 1.807) is 0 Å². The van der Waals surface area contributed by atoms with Gasteiger partial charge in [0.1, 0.15) is 0 Å². The second-order valence-electron chi connectivity index (χ2n) is 4.86. The van der Waals surface area contributed by atoms with Crippen LogP contribution < -0.4 is 5.73 Å². The van der Waals surface area contributed by atoms with Gasteiger partial charge in [-0.15, -0.1) is 0 Å². The lowest BCUT2D eigenvalue weighted by molar-refractivity contribution is 0.737. The quantitative estimate of drug-likeness (QED) is 0.922. The Kier molecular flexibility index (Phi) is 4.33. The first-order valence-corrected chi connectivity index (χ1v) is 7.33. The van der Waals surface area contributed by atoms with Crippen molar-refractivity contribution in [2.75, 3.05) is 0 Å². The van der Waals surface area contributed by atoms with E-state index in [0.29, 0.717) is 5.02 Å². The van der Waals surface area contributed by atoms with Gasteiger partial charge in [-0.3, -0.25) is 0 Å². The van der Waals surface area contributed by atoms with Crippen LogP contribution in [0.4, 0.5) is 0 Å². The van der Waals surface area contributed by atoms with Crippen LogP contribution in [-0.4, -0.2) is 15.8 Å². The standard InChI is InChI=1S/C14H17BrClN3/c1-8(17)6-11-4-5-13(12(16)7-11)19-10(3)14(15)9(2)18-19/h4-5,7-8H,6,17H2,1-3H3. The zero-order valence-electron chi connectivity index (χ0n) is 11.2. The Balaban J connectivity index is 2.43. The number of halogens is 2. The maximum atomic E-state index is 6.36. The summed E-state index contributed by atoms with van der Waals surface area (Å²) in [7, 11) is 0. The first-order chi connectivity index (χ1) is 8.90. The fourth-order valence-electron chi connectivity index (χ4n) is 2.08. The average Bonchev–Trinajstić information content (AvgIpc) is 2.56. The van der Waals surface area contributed by atoms with Gasteiger partial charge in [-0.2, -0.15) is 5.10 Å². The van der Waals surface area contributed by atoms with E-state index in [-0.39, 0.29) is 6.04 Å². The van der Waals surface area contributed by atoms with E-state index in [9.17, 15) is 0 Å². The van der Waals surface area contributed by atoms with E-state index in [0.717, 1.165) is 33.5 Å². The molecule has 2 N–H and O–H groups in total. The molecule has 1 unspecified atom stereocenters. The van der Waals surface area contributed by atoms with Crippen molar-refractivity contribution >= 4 is 27.5 Å². The Morgan fingerprint density at radius 1 is 1.42 bits per heavy atom. The van der Waals surface area contributed by atoms with Crippen LogP contribution in [0.5, 0.6) is 0 Å². The van der Waals surface area contributed by atoms with Crippen molar-refractivity contribution in [1.82, 2.24) is 9.78 Å². The van der Waals surface area contributed by atoms with E-state index in [1.165, 1.54) is 0 Å². The minimum atomic E-state index is 0.129. The molecule has 0 radical (unpaired) electrons. The topological polar surface area (TPSA) is 43.8 Å². The van der Waals surface area contributed by atoms with Crippen molar-refractivity contribution in [2.45, 2.75) is 33.2 Å². The lowest BCUT2D eigenvalue weighted by Crippen LogP contribution is -2.17. The Morgan fingerprint density at radius 2 is 2.11 bits per heavy atom. The molecular formula is C14H17BrClN3. The van der Waals surface area contributed by atoms with E-state index in [4.69, 9.17) is 17.3 Å². The largest absolute Gasteiger partial charge is 0.328 e. The van der Waals surface area contributed by atoms with Crippen LogP contribution in [0, 0.1) is 13.8 Å². The fraction of sp³-hybridized carbons (Fsp3) is 0.357. The summed E-state index contributed by atoms with van der Waals surface area (Å²) in [6.07, 6.45) is 0.820. The van der Waals surface area contributed by atoms with Crippen molar-refractivity contribution in [3.05, 3.63) is 44.6 Å².